The van der Waals surface area contributed by atoms with E-state index >= 15 is 0 Å². The summed E-state index contributed by atoms with van der Waals surface area (Å²) in [4.78, 5) is 18.7. The molecule has 0 aliphatic rings. The first-order chi connectivity index (χ1) is 7.24. The van der Waals surface area contributed by atoms with Gasteiger partial charge < -0.3 is 5.11 Å². The first-order valence-electron chi connectivity index (χ1n) is 3.97. The number of nitrogens with zero attached hydrogens (tertiary/aromatic N) is 2. The van der Waals surface area contributed by atoms with Crippen LogP contribution >= 0.6 is 34.4 Å². The second-order valence-corrected chi connectivity index (χ2v) is 5.82. The van der Waals surface area contributed by atoms with Gasteiger partial charge in [0, 0.05) is 17.0 Å². The fraction of sp³-hybridized carbons (Fsp3) is 0.125. The molecule has 0 spiro atoms. The third kappa shape index (κ3) is 3.01. The van der Waals surface area contributed by atoms with Gasteiger partial charge in [-0.3, -0.25) is 4.79 Å². The van der Waals surface area contributed by atoms with Crippen LogP contribution in [0.4, 0.5) is 0 Å². The number of carboxylic acid groups (broad SMARTS) is 1. The lowest BCUT2D eigenvalue weighted by Gasteiger charge is -1.89. The maximum Gasteiger partial charge on any atom is 0.309 e. The Morgan fingerprint density at radius 3 is 3.00 bits per heavy atom. The Labute approximate surface area is 98.0 Å². The summed E-state index contributed by atoms with van der Waals surface area (Å²) in [6.45, 7) is 0. The Bertz CT molecular complexity index is 452. The molecule has 0 bridgehead atoms. The highest BCUT2D eigenvalue weighted by Gasteiger charge is 2.08. The quantitative estimate of drug-likeness (QED) is 0.912. The number of carbonyl (C=O) groups is 1. The molecule has 2 aromatic heterocycles. The van der Waals surface area contributed by atoms with Crippen LogP contribution in [0.15, 0.2) is 25.6 Å². The topological polar surface area (TPSA) is 63.1 Å². The minimum absolute atomic E-state index is 0.0189. The summed E-state index contributed by atoms with van der Waals surface area (Å²) in [5.41, 5.74) is 0.603. The third-order valence-electron chi connectivity index (χ3n) is 1.45. The smallest absolute Gasteiger partial charge is 0.309 e. The van der Waals surface area contributed by atoms with E-state index in [9.17, 15) is 4.79 Å². The van der Waals surface area contributed by atoms with Crippen molar-refractivity contribution in [2.45, 2.75) is 15.1 Å². The summed E-state index contributed by atoms with van der Waals surface area (Å²) in [6, 6.07) is 0. The highest BCUT2D eigenvalue weighted by molar-refractivity contribution is 8.02. The van der Waals surface area contributed by atoms with Gasteiger partial charge in [0.25, 0.3) is 0 Å². The van der Waals surface area contributed by atoms with Crippen molar-refractivity contribution in [2.75, 3.05) is 0 Å². The molecular weight excluding hydrogens is 252 g/mol. The summed E-state index contributed by atoms with van der Waals surface area (Å²) in [6.07, 6.45) is 1.72. The van der Waals surface area contributed by atoms with Crippen LogP contribution in [-0.2, 0) is 11.2 Å². The molecule has 2 aromatic rings. The Morgan fingerprint density at radius 2 is 2.33 bits per heavy atom. The molecule has 0 aromatic carbocycles. The Kier molecular flexibility index (Phi) is 3.34. The molecule has 0 saturated heterocycles. The molecule has 0 amide bonds. The Morgan fingerprint density at radius 1 is 1.47 bits per heavy atom. The summed E-state index contributed by atoms with van der Waals surface area (Å²) < 4.78 is 1.76. The van der Waals surface area contributed by atoms with E-state index < -0.39 is 5.97 Å². The molecule has 15 heavy (non-hydrogen) atoms. The zero-order valence-electron chi connectivity index (χ0n) is 7.41. The SMILES string of the molecule is O=C(O)Cc1csc(Sc2nccs2)n1. The Hall–Kier alpha value is -0.920. The molecule has 2 rings (SSSR count). The largest absolute Gasteiger partial charge is 0.481 e. The highest BCUT2D eigenvalue weighted by Crippen LogP contribution is 2.31. The lowest BCUT2D eigenvalue weighted by atomic mass is 10.3. The molecule has 0 unspecified atom stereocenters. The molecule has 0 aliphatic carbocycles. The molecule has 4 nitrogen and oxygen atoms in total. The maximum atomic E-state index is 10.4. The number of aromatic nitrogens is 2. The summed E-state index contributed by atoms with van der Waals surface area (Å²) in [5, 5.41) is 12.2. The van der Waals surface area contributed by atoms with Crippen LogP contribution in [0.1, 0.15) is 5.69 Å². The van der Waals surface area contributed by atoms with E-state index in [0.29, 0.717) is 5.69 Å². The van der Waals surface area contributed by atoms with Crippen LogP contribution in [0.3, 0.4) is 0 Å². The van der Waals surface area contributed by atoms with Crippen LogP contribution < -0.4 is 0 Å². The normalized spacial score (nSPS) is 10.4. The molecule has 0 radical (unpaired) electrons. The van der Waals surface area contributed by atoms with E-state index in [1.807, 2.05) is 5.38 Å². The number of hydrogen-bond donors (Lipinski definition) is 1. The maximum absolute atomic E-state index is 10.4. The van der Waals surface area contributed by atoms with Crippen molar-refractivity contribution in [2.24, 2.45) is 0 Å². The van der Waals surface area contributed by atoms with Crippen molar-refractivity contribution in [1.29, 1.82) is 0 Å². The number of aliphatic carboxylic acids is 1. The van der Waals surface area contributed by atoms with Crippen molar-refractivity contribution >= 4 is 40.4 Å². The fourth-order valence-corrected chi connectivity index (χ4v) is 3.56. The van der Waals surface area contributed by atoms with Gasteiger partial charge in [-0.25, -0.2) is 9.97 Å². The van der Waals surface area contributed by atoms with E-state index in [-0.39, 0.29) is 6.42 Å². The molecule has 1 N–H and O–H groups in total. The lowest BCUT2D eigenvalue weighted by molar-refractivity contribution is -0.136. The second-order valence-electron chi connectivity index (χ2n) is 2.58. The van der Waals surface area contributed by atoms with E-state index in [0.717, 1.165) is 8.68 Å². The summed E-state index contributed by atoms with van der Waals surface area (Å²) in [5.74, 6) is -0.855. The molecular formula is C8H6N2O2S3. The van der Waals surface area contributed by atoms with Crippen LogP contribution in [0.2, 0.25) is 0 Å². The monoisotopic (exact) mass is 258 g/mol. The van der Waals surface area contributed by atoms with Crippen LogP contribution in [0.5, 0.6) is 0 Å². The minimum Gasteiger partial charge on any atom is -0.481 e. The lowest BCUT2D eigenvalue weighted by Crippen LogP contribution is -1.99. The number of carboxylic acids is 1. The molecule has 0 saturated carbocycles. The van der Waals surface area contributed by atoms with Gasteiger partial charge in [-0.1, -0.05) is 0 Å². The standard InChI is InChI=1S/C8H6N2O2S3/c11-6(12)3-5-4-14-8(10-5)15-7-9-1-2-13-7/h1-2,4H,3H2,(H,11,12). The zero-order chi connectivity index (χ0) is 10.7. The number of thiazole rings is 2. The molecule has 2 heterocycles. The van der Waals surface area contributed by atoms with Crippen molar-refractivity contribution in [3.63, 3.8) is 0 Å². The van der Waals surface area contributed by atoms with E-state index in [2.05, 4.69) is 9.97 Å². The van der Waals surface area contributed by atoms with Gasteiger partial charge in [-0.15, -0.1) is 22.7 Å². The van der Waals surface area contributed by atoms with Crippen molar-refractivity contribution in [3.05, 3.63) is 22.7 Å². The minimum atomic E-state index is -0.855. The summed E-state index contributed by atoms with van der Waals surface area (Å²) in [7, 11) is 0. The van der Waals surface area contributed by atoms with E-state index in [4.69, 9.17) is 5.11 Å². The average Bonchev–Trinajstić information content (AvgIpc) is 2.77. The van der Waals surface area contributed by atoms with Crippen molar-refractivity contribution < 1.29 is 9.90 Å². The average molecular weight is 258 g/mol. The van der Waals surface area contributed by atoms with Gasteiger partial charge in [0.1, 0.15) is 0 Å². The predicted octanol–water partition coefficient (Wildman–Crippen LogP) is 2.38. The number of rotatable bonds is 4. The van der Waals surface area contributed by atoms with Gasteiger partial charge >= 0.3 is 5.97 Å². The first kappa shape index (κ1) is 10.6. The van der Waals surface area contributed by atoms with Gasteiger partial charge in [-0.05, 0) is 11.8 Å². The summed E-state index contributed by atoms with van der Waals surface area (Å²) >= 11 is 4.45. The van der Waals surface area contributed by atoms with Crippen molar-refractivity contribution in [3.8, 4) is 0 Å². The van der Waals surface area contributed by atoms with Crippen LogP contribution in [0, 0.1) is 0 Å². The van der Waals surface area contributed by atoms with Gasteiger partial charge in [0.05, 0.1) is 12.1 Å². The van der Waals surface area contributed by atoms with Crippen LogP contribution in [-0.4, -0.2) is 21.0 Å². The number of hydrogen-bond acceptors (Lipinski definition) is 6. The third-order valence-corrected chi connectivity index (χ3v) is 4.32. The molecule has 7 heteroatoms. The second kappa shape index (κ2) is 4.73. The Balaban J connectivity index is 2.04. The van der Waals surface area contributed by atoms with E-state index in [1.165, 1.54) is 23.1 Å². The molecule has 0 aliphatic heterocycles. The van der Waals surface area contributed by atoms with Gasteiger partial charge in [0.15, 0.2) is 8.68 Å². The molecule has 78 valence electrons. The fourth-order valence-electron chi connectivity index (χ4n) is 0.907. The first-order valence-corrected chi connectivity index (χ1v) is 6.55. The predicted molar refractivity (Wildman–Crippen MR) is 59.7 cm³/mol. The van der Waals surface area contributed by atoms with Gasteiger partial charge in [-0.2, -0.15) is 0 Å². The van der Waals surface area contributed by atoms with Crippen LogP contribution in [0.25, 0.3) is 0 Å². The highest BCUT2D eigenvalue weighted by atomic mass is 32.2. The van der Waals surface area contributed by atoms with Crippen molar-refractivity contribution in [1.82, 2.24) is 9.97 Å². The molecule has 0 atom stereocenters. The molecule has 0 fully saturated rings. The van der Waals surface area contributed by atoms with Gasteiger partial charge in [0.2, 0.25) is 0 Å². The van der Waals surface area contributed by atoms with E-state index in [1.54, 1.807) is 22.9 Å². The zero-order valence-corrected chi connectivity index (χ0v) is 9.86.